The van der Waals surface area contributed by atoms with Crippen molar-refractivity contribution in [2.75, 3.05) is 6.79 Å². The first-order valence-corrected chi connectivity index (χ1v) is 8.40. The topological polar surface area (TPSA) is 93.1 Å². The van der Waals surface area contributed by atoms with E-state index in [-0.39, 0.29) is 6.04 Å². The molecule has 1 aromatic rings. The smallest absolute Gasteiger partial charge is 0.413 e. The van der Waals surface area contributed by atoms with Crippen LogP contribution in [-0.4, -0.2) is 46.9 Å². The Hall–Kier alpha value is -2.57. The van der Waals surface area contributed by atoms with Crippen LogP contribution in [0.15, 0.2) is 30.3 Å². The van der Waals surface area contributed by atoms with Gasteiger partial charge >= 0.3 is 18.0 Å². The Morgan fingerprint density at radius 2 is 1.76 bits per heavy atom. The maximum atomic E-state index is 12.4. The van der Waals surface area contributed by atoms with Gasteiger partial charge in [-0.05, 0) is 31.9 Å². The highest BCUT2D eigenvalue weighted by molar-refractivity contribution is 5.89. The van der Waals surface area contributed by atoms with Crippen molar-refractivity contribution in [3.8, 4) is 0 Å². The van der Waals surface area contributed by atoms with Crippen molar-refractivity contribution >= 4 is 18.0 Å². The number of carboxylic acid groups (broad SMARTS) is 1. The number of aliphatic carboxylic acids is 1. The van der Waals surface area contributed by atoms with E-state index in [1.54, 1.807) is 30.3 Å². The summed E-state index contributed by atoms with van der Waals surface area (Å²) in [6.45, 7) is 0.899. The maximum absolute atomic E-state index is 12.4. The van der Waals surface area contributed by atoms with Crippen LogP contribution in [-0.2, 0) is 14.3 Å². The van der Waals surface area contributed by atoms with E-state index in [9.17, 15) is 19.5 Å². The first-order valence-electron chi connectivity index (χ1n) is 8.40. The number of nitrogens with zero attached hydrogens (tertiary/aromatic N) is 1. The van der Waals surface area contributed by atoms with Gasteiger partial charge in [0.2, 0.25) is 6.79 Å². The van der Waals surface area contributed by atoms with Gasteiger partial charge in [0.15, 0.2) is 0 Å². The molecular formula is C18H23NO6. The molecule has 7 nitrogen and oxygen atoms in total. The van der Waals surface area contributed by atoms with Crippen LogP contribution in [0, 0.1) is 0 Å². The molecule has 1 fully saturated rings. The summed E-state index contributed by atoms with van der Waals surface area (Å²) < 4.78 is 9.92. The van der Waals surface area contributed by atoms with Crippen molar-refractivity contribution in [3.05, 3.63) is 35.9 Å². The van der Waals surface area contributed by atoms with Gasteiger partial charge in [-0.25, -0.2) is 14.4 Å². The number of carbonyl (C=O) groups is 3. The summed E-state index contributed by atoms with van der Waals surface area (Å²) in [6.07, 6.45) is 3.69. The predicted molar refractivity (Wildman–Crippen MR) is 89.0 cm³/mol. The summed E-state index contributed by atoms with van der Waals surface area (Å²) in [6, 6.07) is 7.17. The van der Waals surface area contributed by atoms with E-state index in [0.717, 1.165) is 32.1 Å². The fourth-order valence-corrected chi connectivity index (χ4v) is 2.97. The minimum Gasteiger partial charge on any atom is -0.480 e. The van der Waals surface area contributed by atoms with Crippen molar-refractivity contribution in [2.45, 2.75) is 51.1 Å². The second-order valence-electron chi connectivity index (χ2n) is 6.04. The SMILES string of the molecule is CC(C(=O)O)N(C(=O)OCOC(=O)c1ccccc1)C1CCCCC1. The number of carboxylic acids is 1. The lowest BCUT2D eigenvalue weighted by atomic mass is 9.93. The second-order valence-corrected chi connectivity index (χ2v) is 6.04. The van der Waals surface area contributed by atoms with Crippen LogP contribution >= 0.6 is 0 Å². The highest BCUT2D eigenvalue weighted by atomic mass is 16.7. The minimum atomic E-state index is -1.09. The second kappa shape index (κ2) is 9.05. The molecule has 0 aromatic heterocycles. The molecule has 2 rings (SSSR count). The van der Waals surface area contributed by atoms with Gasteiger partial charge in [-0.1, -0.05) is 37.5 Å². The third kappa shape index (κ3) is 5.20. The van der Waals surface area contributed by atoms with Gasteiger partial charge in [-0.2, -0.15) is 0 Å². The number of amides is 1. The average molecular weight is 349 g/mol. The van der Waals surface area contributed by atoms with Crippen molar-refractivity contribution in [3.63, 3.8) is 0 Å². The number of esters is 1. The Morgan fingerprint density at radius 1 is 1.12 bits per heavy atom. The van der Waals surface area contributed by atoms with Crippen LogP contribution in [0.25, 0.3) is 0 Å². The molecule has 136 valence electrons. The number of rotatable bonds is 6. The number of hydrogen-bond donors (Lipinski definition) is 1. The summed E-state index contributed by atoms with van der Waals surface area (Å²) in [7, 11) is 0. The summed E-state index contributed by atoms with van der Waals surface area (Å²) in [5, 5.41) is 9.26. The Balaban J connectivity index is 1.92. The number of benzene rings is 1. The molecule has 1 aromatic carbocycles. The Morgan fingerprint density at radius 3 is 2.36 bits per heavy atom. The third-order valence-corrected chi connectivity index (χ3v) is 4.34. The molecule has 0 radical (unpaired) electrons. The van der Waals surface area contributed by atoms with E-state index in [2.05, 4.69) is 0 Å². The average Bonchev–Trinajstić information content (AvgIpc) is 2.63. The monoisotopic (exact) mass is 349 g/mol. The van der Waals surface area contributed by atoms with Crippen molar-refractivity contribution in [1.82, 2.24) is 4.90 Å². The third-order valence-electron chi connectivity index (χ3n) is 4.34. The largest absolute Gasteiger partial charge is 0.480 e. The summed E-state index contributed by atoms with van der Waals surface area (Å²) in [5.74, 6) is -1.70. The van der Waals surface area contributed by atoms with Crippen LogP contribution in [0.2, 0.25) is 0 Å². The highest BCUT2D eigenvalue weighted by Gasteiger charge is 2.34. The van der Waals surface area contributed by atoms with E-state index in [0.29, 0.717) is 5.56 Å². The molecule has 0 heterocycles. The van der Waals surface area contributed by atoms with Gasteiger partial charge in [0.05, 0.1) is 5.56 Å². The van der Waals surface area contributed by atoms with Crippen molar-refractivity contribution in [2.24, 2.45) is 0 Å². The van der Waals surface area contributed by atoms with Gasteiger partial charge < -0.3 is 14.6 Å². The maximum Gasteiger partial charge on any atom is 0.413 e. The first-order chi connectivity index (χ1) is 12.0. The summed E-state index contributed by atoms with van der Waals surface area (Å²) in [5.41, 5.74) is 0.349. The lowest BCUT2D eigenvalue weighted by Crippen LogP contribution is -2.50. The van der Waals surface area contributed by atoms with Gasteiger partial charge in [0.25, 0.3) is 0 Å². The van der Waals surface area contributed by atoms with Crippen LogP contribution in [0.3, 0.4) is 0 Å². The molecule has 1 saturated carbocycles. The van der Waals surface area contributed by atoms with Crippen molar-refractivity contribution in [1.29, 1.82) is 0 Å². The van der Waals surface area contributed by atoms with E-state index >= 15 is 0 Å². The molecule has 1 N–H and O–H groups in total. The molecule has 0 bridgehead atoms. The molecule has 1 aliphatic carbocycles. The summed E-state index contributed by atoms with van der Waals surface area (Å²) >= 11 is 0. The van der Waals surface area contributed by atoms with E-state index in [4.69, 9.17) is 9.47 Å². The summed E-state index contributed by atoms with van der Waals surface area (Å²) in [4.78, 5) is 36.7. The molecule has 0 saturated heterocycles. The molecule has 25 heavy (non-hydrogen) atoms. The molecule has 1 amide bonds. The van der Waals surface area contributed by atoms with E-state index < -0.39 is 30.9 Å². The Kier molecular flexibility index (Phi) is 6.80. The molecular weight excluding hydrogens is 326 g/mol. The zero-order chi connectivity index (χ0) is 18.2. The number of hydrogen-bond acceptors (Lipinski definition) is 5. The lowest BCUT2D eigenvalue weighted by Gasteiger charge is -2.35. The standard InChI is InChI=1S/C18H23NO6/c1-13(16(20)21)19(15-10-6-3-7-11-15)18(23)25-12-24-17(22)14-8-4-2-5-9-14/h2,4-5,8-9,13,15H,3,6-7,10-12H2,1H3,(H,20,21). The highest BCUT2D eigenvalue weighted by Crippen LogP contribution is 2.25. The zero-order valence-corrected chi connectivity index (χ0v) is 14.2. The van der Waals surface area contributed by atoms with Crippen LogP contribution < -0.4 is 0 Å². The molecule has 7 heteroatoms. The van der Waals surface area contributed by atoms with Crippen LogP contribution in [0.5, 0.6) is 0 Å². The van der Waals surface area contributed by atoms with Crippen LogP contribution in [0.1, 0.15) is 49.4 Å². The first kappa shape index (κ1) is 18.8. The Labute approximate surface area is 146 Å². The van der Waals surface area contributed by atoms with E-state index in [1.165, 1.54) is 11.8 Å². The Bertz CT molecular complexity index is 597. The van der Waals surface area contributed by atoms with Gasteiger partial charge in [0.1, 0.15) is 6.04 Å². The molecule has 1 atom stereocenters. The normalized spacial score (nSPS) is 15.9. The van der Waals surface area contributed by atoms with Gasteiger partial charge in [0, 0.05) is 6.04 Å². The molecule has 1 unspecified atom stereocenters. The van der Waals surface area contributed by atoms with Gasteiger partial charge in [-0.15, -0.1) is 0 Å². The van der Waals surface area contributed by atoms with Crippen molar-refractivity contribution < 1.29 is 29.0 Å². The zero-order valence-electron chi connectivity index (χ0n) is 14.2. The quantitative estimate of drug-likeness (QED) is 0.627. The van der Waals surface area contributed by atoms with Gasteiger partial charge in [-0.3, -0.25) is 4.90 Å². The molecule has 0 aliphatic heterocycles. The molecule has 0 spiro atoms. The minimum absolute atomic E-state index is 0.169. The molecule has 1 aliphatic rings. The number of ether oxygens (including phenoxy) is 2. The lowest BCUT2D eigenvalue weighted by molar-refractivity contribution is -0.143. The number of carbonyl (C=O) groups excluding carboxylic acids is 2. The predicted octanol–water partition coefficient (Wildman–Crippen LogP) is 3.05. The fourth-order valence-electron chi connectivity index (χ4n) is 2.97. The van der Waals surface area contributed by atoms with Crippen LogP contribution in [0.4, 0.5) is 4.79 Å². The van der Waals surface area contributed by atoms with E-state index in [1.807, 2.05) is 0 Å². The fraction of sp³-hybridized carbons (Fsp3) is 0.500.